The number of halogens is 1. The van der Waals surface area contributed by atoms with Crippen molar-refractivity contribution in [1.82, 2.24) is 0 Å². The van der Waals surface area contributed by atoms with Crippen LogP contribution in [0.5, 0.6) is 0 Å². The van der Waals surface area contributed by atoms with Crippen LogP contribution in [-0.4, -0.2) is 30.4 Å². The summed E-state index contributed by atoms with van der Waals surface area (Å²) >= 11 is 5.57. The van der Waals surface area contributed by atoms with Gasteiger partial charge in [-0.3, -0.25) is 5.41 Å². The highest BCUT2D eigenvalue weighted by Crippen LogP contribution is 2.31. The number of thioether (sulfide) groups is 1. The molecule has 1 fully saturated rings. The highest BCUT2D eigenvalue weighted by Gasteiger charge is 2.21. The molecule has 1 unspecified atom stereocenters. The van der Waals surface area contributed by atoms with E-state index in [0.717, 1.165) is 10.0 Å². The molecule has 1 aliphatic rings. The largest absolute Gasteiger partial charge is 0.384 e. The second-order valence-electron chi connectivity index (χ2n) is 4.21. The van der Waals surface area contributed by atoms with Crippen molar-refractivity contribution >= 4 is 39.2 Å². The van der Waals surface area contributed by atoms with Crippen LogP contribution in [0.4, 0.5) is 5.69 Å². The van der Waals surface area contributed by atoms with Crippen molar-refractivity contribution < 1.29 is 0 Å². The molecule has 0 saturated carbocycles. The summed E-state index contributed by atoms with van der Waals surface area (Å²) in [5.74, 6) is 2.55. The summed E-state index contributed by atoms with van der Waals surface area (Å²) in [4.78, 5) is 2.31. The Morgan fingerprint density at radius 1 is 1.59 bits per heavy atom. The highest BCUT2D eigenvalue weighted by atomic mass is 79.9. The number of benzene rings is 1. The van der Waals surface area contributed by atoms with Gasteiger partial charge < -0.3 is 10.6 Å². The Kier molecular flexibility index (Phi) is 3.99. The van der Waals surface area contributed by atoms with Crippen LogP contribution in [0, 0.1) is 5.41 Å². The first-order valence-corrected chi connectivity index (χ1v) is 7.49. The zero-order chi connectivity index (χ0) is 12.4. The van der Waals surface area contributed by atoms with Crippen molar-refractivity contribution in [2.24, 2.45) is 5.73 Å². The van der Waals surface area contributed by atoms with Gasteiger partial charge in [0.1, 0.15) is 5.84 Å². The third kappa shape index (κ3) is 2.77. The first-order chi connectivity index (χ1) is 8.09. The highest BCUT2D eigenvalue weighted by molar-refractivity contribution is 9.10. The summed E-state index contributed by atoms with van der Waals surface area (Å²) in [6.45, 7) is 0. The zero-order valence-corrected chi connectivity index (χ0v) is 12.1. The van der Waals surface area contributed by atoms with Crippen LogP contribution in [0.25, 0.3) is 0 Å². The molecule has 2 rings (SSSR count). The predicted molar refractivity (Wildman–Crippen MR) is 79.3 cm³/mol. The number of amidine groups is 1. The number of hydrogen-bond donors (Lipinski definition) is 2. The van der Waals surface area contributed by atoms with Crippen LogP contribution in [-0.2, 0) is 0 Å². The van der Waals surface area contributed by atoms with E-state index in [9.17, 15) is 0 Å². The molecule has 0 bridgehead atoms. The number of rotatable bonds is 3. The van der Waals surface area contributed by atoms with Gasteiger partial charge in [-0.1, -0.05) is 0 Å². The first-order valence-electron chi connectivity index (χ1n) is 5.54. The Balaban J connectivity index is 2.23. The average molecular weight is 314 g/mol. The minimum absolute atomic E-state index is 0.108. The topological polar surface area (TPSA) is 53.1 Å². The molecule has 1 saturated heterocycles. The Labute approximate surface area is 114 Å². The van der Waals surface area contributed by atoms with E-state index in [1.807, 2.05) is 30.0 Å². The third-order valence-electron chi connectivity index (χ3n) is 3.09. The van der Waals surface area contributed by atoms with E-state index in [4.69, 9.17) is 11.1 Å². The maximum Gasteiger partial charge on any atom is 0.122 e. The molecule has 0 aromatic heterocycles. The lowest BCUT2D eigenvalue weighted by Crippen LogP contribution is -2.31. The molecule has 0 aliphatic carbocycles. The molecule has 1 atom stereocenters. The quantitative estimate of drug-likeness (QED) is 0.666. The lowest BCUT2D eigenvalue weighted by Gasteiger charge is -2.27. The normalized spacial score (nSPS) is 19.3. The standard InChI is InChI=1S/C12H16BrN3S/c1-16(9-4-5-17-7-9)11-3-2-8(12(14)15)6-10(11)13/h2-3,6,9H,4-5,7H2,1H3,(H3,14,15). The van der Waals surface area contributed by atoms with E-state index >= 15 is 0 Å². The summed E-state index contributed by atoms with van der Waals surface area (Å²) in [6.07, 6.45) is 1.24. The van der Waals surface area contributed by atoms with Crippen molar-refractivity contribution in [2.75, 3.05) is 23.5 Å². The monoisotopic (exact) mass is 313 g/mol. The van der Waals surface area contributed by atoms with Gasteiger partial charge in [0.15, 0.2) is 0 Å². The van der Waals surface area contributed by atoms with E-state index in [0.29, 0.717) is 6.04 Å². The maximum atomic E-state index is 7.42. The second-order valence-corrected chi connectivity index (χ2v) is 6.21. The molecular weight excluding hydrogens is 298 g/mol. The predicted octanol–water partition coefficient (Wildman–Crippen LogP) is 2.67. The molecule has 92 valence electrons. The molecule has 17 heavy (non-hydrogen) atoms. The fourth-order valence-corrected chi connectivity index (χ4v) is 3.91. The third-order valence-corrected chi connectivity index (χ3v) is 4.87. The van der Waals surface area contributed by atoms with Crippen LogP contribution in [0.3, 0.4) is 0 Å². The Morgan fingerprint density at radius 3 is 2.88 bits per heavy atom. The molecule has 1 heterocycles. The second kappa shape index (κ2) is 5.31. The minimum atomic E-state index is 0.108. The van der Waals surface area contributed by atoms with Crippen LogP contribution in [0.15, 0.2) is 22.7 Å². The van der Waals surface area contributed by atoms with Crippen LogP contribution in [0.1, 0.15) is 12.0 Å². The van der Waals surface area contributed by atoms with Crippen LogP contribution < -0.4 is 10.6 Å². The molecule has 0 radical (unpaired) electrons. The van der Waals surface area contributed by atoms with Crippen molar-refractivity contribution in [3.05, 3.63) is 28.2 Å². The molecule has 1 aromatic rings. The van der Waals surface area contributed by atoms with E-state index in [2.05, 4.69) is 27.9 Å². The van der Waals surface area contributed by atoms with Gasteiger partial charge in [-0.25, -0.2) is 0 Å². The van der Waals surface area contributed by atoms with E-state index in [1.165, 1.54) is 23.6 Å². The molecule has 3 nitrogen and oxygen atoms in total. The number of nitrogens with zero attached hydrogens (tertiary/aromatic N) is 1. The Morgan fingerprint density at radius 2 is 2.35 bits per heavy atom. The number of anilines is 1. The van der Waals surface area contributed by atoms with Gasteiger partial charge in [0, 0.05) is 28.9 Å². The lowest BCUT2D eigenvalue weighted by molar-refractivity contribution is 0.699. The summed E-state index contributed by atoms with van der Waals surface area (Å²) < 4.78 is 1.00. The van der Waals surface area contributed by atoms with Crippen molar-refractivity contribution in [2.45, 2.75) is 12.5 Å². The van der Waals surface area contributed by atoms with Crippen molar-refractivity contribution in [3.63, 3.8) is 0 Å². The summed E-state index contributed by atoms with van der Waals surface area (Å²) in [5.41, 5.74) is 7.40. The Bertz CT molecular complexity index is 430. The number of nitrogens with two attached hydrogens (primary N) is 1. The van der Waals surface area contributed by atoms with Gasteiger partial charge in [-0.2, -0.15) is 11.8 Å². The lowest BCUT2D eigenvalue weighted by atomic mass is 10.1. The minimum Gasteiger partial charge on any atom is -0.384 e. The van der Waals surface area contributed by atoms with Gasteiger partial charge in [0.2, 0.25) is 0 Å². The zero-order valence-electron chi connectivity index (χ0n) is 9.74. The van der Waals surface area contributed by atoms with Crippen LogP contribution in [0.2, 0.25) is 0 Å². The van der Waals surface area contributed by atoms with Gasteiger partial charge in [0.25, 0.3) is 0 Å². The maximum absolute atomic E-state index is 7.42. The van der Waals surface area contributed by atoms with E-state index in [-0.39, 0.29) is 5.84 Å². The average Bonchev–Trinajstić information content (AvgIpc) is 2.81. The SMILES string of the molecule is CN(c1ccc(C(=N)N)cc1Br)C1CCSC1. The van der Waals surface area contributed by atoms with Gasteiger partial charge in [0.05, 0.1) is 5.69 Å². The Hall–Kier alpha value is -0.680. The van der Waals surface area contributed by atoms with E-state index in [1.54, 1.807) is 0 Å². The summed E-state index contributed by atoms with van der Waals surface area (Å²) in [6, 6.07) is 6.46. The molecule has 1 aliphatic heterocycles. The van der Waals surface area contributed by atoms with Crippen molar-refractivity contribution in [1.29, 1.82) is 5.41 Å². The molecular formula is C12H16BrN3S. The molecule has 1 aromatic carbocycles. The number of nitrogen functional groups attached to an aromatic ring is 1. The van der Waals surface area contributed by atoms with Crippen LogP contribution >= 0.6 is 27.7 Å². The summed E-state index contributed by atoms with van der Waals surface area (Å²) in [7, 11) is 2.13. The fraction of sp³-hybridized carbons (Fsp3) is 0.417. The molecule has 3 N–H and O–H groups in total. The van der Waals surface area contributed by atoms with Crippen molar-refractivity contribution in [3.8, 4) is 0 Å². The number of hydrogen-bond acceptors (Lipinski definition) is 3. The van der Waals surface area contributed by atoms with E-state index < -0.39 is 0 Å². The fourth-order valence-electron chi connectivity index (χ4n) is 1.98. The smallest absolute Gasteiger partial charge is 0.122 e. The molecule has 5 heteroatoms. The van der Waals surface area contributed by atoms with Gasteiger partial charge in [-0.05, 0) is 46.3 Å². The van der Waals surface area contributed by atoms with Gasteiger partial charge >= 0.3 is 0 Å². The number of nitrogens with one attached hydrogen (secondary N) is 1. The summed E-state index contributed by atoms with van der Waals surface area (Å²) in [5, 5.41) is 7.42. The molecule has 0 spiro atoms. The molecule has 0 amide bonds. The van der Waals surface area contributed by atoms with Gasteiger partial charge in [-0.15, -0.1) is 0 Å². The first kappa shape index (κ1) is 12.8.